The van der Waals surface area contributed by atoms with Gasteiger partial charge >= 0.3 is 0 Å². The topological polar surface area (TPSA) is 42.1 Å². The molecule has 0 aliphatic carbocycles. The summed E-state index contributed by atoms with van der Waals surface area (Å²) in [4.78, 5) is 2.30. The predicted molar refractivity (Wildman–Crippen MR) is 64.4 cm³/mol. The zero-order valence-corrected chi connectivity index (χ0v) is 9.20. The van der Waals surface area contributed by atoms with Gasteiger partial charge in [-0.1, -0.05) is 12.1 Å². The van der Waals surface area contributed by atoms with Crippen molar-refractivity contribution in [2.24, 2.45) is 5.73 Å². The lowest BCUT2D eigenvalue weighted by Gasteiger charge is -2.14. The van der Waals surface area contributed by atoms with Crippen LogP contribution in [0.25, 0.3) is 10.1 Å². The van der Waals surface area contributed by atoms with Crippen LogP contribution in [0.3, 0.4) is 0 Å². The monoisotopic (exact) mass is 219 g/mol. The zero-order valence-electron chi connectivity index (χ0n) is 8.39. The summed E-state index contributed by atoms with van der Waals surface area (Å²) in [6.45, 7) is 1.97. The van der Waals surface area contributed by atoms with E-state index in [4.69, 9.17) is 5.73 Å². The van der Waals surface area contributed by atoms with Gasteiger partial charge in [0, 0.05) is 24.5 Å². The minimum atomic E-state index is 0.311. The molecule has 2 N–H and O–H groups in total. The molecule has 0 saturated carbocycles. The standard InChI is InChI=1S/C11H13N3S/c12-8-5-6-14(7-8)11-9-3-1-2-4-10(9)15-13-11/h1-4,8H,5-7,12H2/t8-/m1/s1. The molecule has 1 aromatic carbocycles. The predicted octanol–water partition coefficient (Wildman–Crippen LogP) is 1.83. The lowest BCUT2D eigenvalue weighted by molar-refractivity contribution is 0.752. The Morgan fingerprint density at radius 3 is 3.07 bits per heavy atom. The molecule has 0 bridgehead atoms. The van der Waals surface area contributed by atoms with Gasteiger partial charge in [-0.25, -0.2) is 0 Å². The summed E-state index contributed by atoms with van der Waals surface area (Å²) >= 11 is 1.57. The molecule has 0 radical (unpaired) electrons. The van der Waals surface area contributed by atoms with Gasteiger partial charge in [0.25, 0.3) is 0 Å². The highest BCUT2D eigenvalue weighted by atomic mass is 32.1. The fraction of sp³-hybridized carbons (Fsp3) is 0.364. The van der Waals surface area contributed by atoms with Gasteiger partial charge in [0.1, 0.15) is 5.82 Å². The van der Waals surface area contributed by atoms with Crippen molar-refractivity contribution in [1.29, 1.82) is 0 Å². The molecule has 3 nitrogen and oxygen atoms in total. The van der Waals surface area contributed by atoms with Crippen molar-refractivity contribution < 1.29 is 0 Å². The molecular weight excluding hydrogens is 206 g/mol. The van der Waals surface area contributed by atoms with E-state index in [0.29, 0.717) is 6.04 Å². The van der Waals surface area contributed by atoms with Gasteiger partial charge in [0.05, 0.1) is 4.70 Å². The van der Waals surface area contributed by atoms with Crippen molar-refractivity contribution in [2.45, 2.75) is 12.5 Å². The SMILES string of the molecule is N[C@@H]1CCN(c2nsc3ccccc23)C1. The fourth-order valence-electron chi connectivity index (χ4n) is 2.08. The van der Waals surface area contributed by atoms with E-state index in [1.807, 2.05) is 0 Å². The average molecular weight is 219 g/mol. The summed E-state index contributed by atoms with van der Waals surface area (Å²) in [5.41, 5.74) is 5.91. The number of anilines is 1. The Bertz CT molecular complexity index is 479. The van der Waals surface area contributed by atoms with Crippen LogP contribution in [0, 0.1) is 0 Å². The molecule has 3 rings (SSSR count). The molecule has 2 heterocycles. The normalized spacial score (nSPS) is 21.4. The Morgan fingerprint density at radius 2 is 2.27 bits per heavy atom. The largest absolute Gasteiger partial charge is 0.354 e. The van der Waals surface area contributed by atoms with E-state index in [2.05, 4.69) is 33.5 Å². The van der Waals surface area contributed by atoms with E-state index in [0.717, 1.165) is 25.3 Å². The van der Waals surface area contributed by atoms with Crippen molar-refractivity contribution in [1.82, 2.24) is 4.37 Å². The lowest BCUT2D eigenvalue weighted by Crippen LogP contribution is -2.26. The highest BCUT2D eigenvalue weighted by Gasteiger charge is 2.22. The van der Waals surface area contributed by atoms with Gasteiger partial charge in [-0.05, 0) is 30.1 Å². The molecule has 0 unspecified atom stereocenters. The summed E-state index contributed by atoms with van der Waals surface area (Å²) in [6, 6.07) is 8.69. The van der Waals surface area contributed by atoms with Gasteiger partial charge in [-0.15, -0.1) is 0 Å². The molecule has 1 atom stereocenters. The highest BCUT2D eigenvalue weighted by molar-refractivity contribution is 7.13. The first-order valence-corrected chi connectivity index (χ1v) is 5.97. The number of nitrogens with two attached hydrogens (primary N) is 1. The molecule has 4 heteroatoms. The number of aromatic nitrogens is 1. The number of rotatable bonds is 1. The van der Waals surface area contributed by atoms with Gasteiger partial charge in [0.15, 0.2) is 0 Å². The van der Waals surface area contributed by atoms with Crippen molar-refractivity contribution in [3.63, 3.8) is 0 Å². The first-order chi connectivity index (χ1) is 7.34. The van der Waals surface area contributed by atoms with E-state index in [1.54, 1.807) is 11.5 Å². The summed E-state index contributed by atoms with van der Waals surface area (Å²) in [5, 5.41) is 1.26. The second-order valence-corrected chi connectivity index (χ2v) is 4.80. The molecule has 0 spiro atoms. The zero-order chi connectivity index (χ0) is 10.3. The van der Waals surface area contributed by atoms with Gasteiger partial charge in [-0.3, -0.25) is 0 Å². The second kappa shape index (κ2) is 3.47. The molecule has 15 heavy (non-hydrogen) atoms. The number of hydrogen-bond acceptors (Lipinski definition) is 4. The van der Waals surface area contributed by atoms with Crippen LogP contribution in [0.1, 0.15) is 6.42 Å². The smallest absolute Gasteiger partial charge is 0.150 e. The molecule has 78 valence electrons. The molecule has 2 aromatic rings. The van der Waals surface area contributed by atoms with Gasteiger partial charge in [-0.2, -0.15) is 4.37 Å². The number of hydrogen-bond donors (Lipinski definition) is 1. The highest BCUT2D eigenvalue weighted by Crippen LogP contribution is 2.30. The quantitative estimate of drug-likeness (QED) is 0.795. The molecule has 1 aromatic heterocycles. The number of benzene rings is 1. The van der Waals surface area contributed by atoms with E-state index >= 15 is 0 Å². The maximum atomic E-state index is 5.91. The molecule has 1 saturated heterocycles. The minimum Gasteiger partial charge on any atom is -0.354 e. The number of fused-ring (bicyclic) bond motifs is 1. The van der Waals surface area contributed by atoms with Crippen LogP contribution in [-0.4, -0.2) is 23.5 Å². The molecule has 1 aliphatic rings. The Hall–Kier alpha value is -1.13. The summed E-state index contributed by atoms with van der Waals surface area (Å²) in [6.07, 6.45) is 1.08. The van der Waals surface area contributed by atoms with E-state index in [1.165, 1.54) is 10.1 Å². The van der Waals surface area contributed by atoms with Gasteiger partial charge < -0.3 is 10.6 Å². The van der Waals surface area contributed by atoms with Crippen LogP contribution >= 0.6 is 11.5 Å². The maximum Gasteiger partial charge on any atom is 0.150 e. The van der Waals surface area contributed by atoms with Crippen molar-refractivity contribution in [2.75, 3.05) is 18.0 Å². The fourth-order valence-corrected chi connectivity index (χ4v) is 2.88. The minimum absolute atomic E-state index is 0.311. The summed E-state index contributed by atoms with van der Waals surface area (Å²) in [7, 11) is 0. The van der Waals surface area contributed by atoms with E-state index < -0.39 is 0 Å². The van der Waals surface area contributed by atoms with Crippen LogP contribution in [0.4, 0.5) is 5.82 Å². The van der Waals surface area contributed by atoms with Gasteiger partial charge in [0.2, 0.25) is 0 Å². The Morgan fingerprint density at radius 1 is 1.40 bits per heavy atom. The Balaban J connectivity index is 2.04. The Labute approximate surface area is 92.7 Å². The lowest BCUT2D eigenvalue weighted by atomic mass is 10.2. The average Bonchev–Trinajstić information content (AvgIpc) is 2.83. The van der Waals surface area contributed by atoms with Crippen LogP contribution in [0.2, 0.25) is 0 Å². The van der Waals surface area contributed by atoms with Crippen LogP contribution in [-0.2, 0) is 0 Å². The van der Waals surface area contributed by atoms with Crippen LogP contribution < -0.4 is 10.6 Å². The number of nitrogens with zero attached hydrogens (tertiary/aromatic N) is 2. The molecule has 1 aliphatic heterocycles. The molecule has 0 amide bonds. The third-order valence-electron chi connectivity index (χ3n) is 2.88. The molecule has 1 fully saturated rings. The van der Waals surface area contributed by atoms with E-state index in [-0.39, 0.29) is 0 Å². The third-order valence-corrected chi connectivity index (χ3v) is 3.70. The van der Waals surface area contributed by atoms with E-state index in [9.17, 15) is 0 Å². The summed E-state index contributed by atoms with van der Waals surface area (Å²) in [5.74, 6) is 1.11. The van der Waals surface area contributed by atoms with Crippen molar-refractivity contribution in [3.8, 4) is 0 Å². The third kappa shape index (κ3) is 1.50. The second-order valence-electron chi connectivity index (χ2n) is 4.00. The first kappa shape index (κ1) is 9.12. The van der Waals surface area contributed by atoms with Crippen molar-refractivity contribution in [3.05, 3.63) is 24.3 Å². The maximum absolute atomic E-state index is 5.91. The first-order valence-electron chi connectivity index (χ1n) is 5.19. The van der Waals surface area contributed by atoms with Crippen molar-refractivity contribution >= 4 is 27.4 Å². The van der Waals surface area contributed by atoms with Crippen LogP contribution in [0.5, 0.6) is 0 Å². The molecular formula is C11H13N3S. The Kier molecular flexibility index (Phi) is 2.11. The summed E-state index contributed by atoms with van der Waals surface area (Å²) < 4.78 is 5.78. The van der Waals surface area contributed by atoms with Crippen LogP contribution in [0.15, 0.2) is 24.3 Å².